The predicted molar refractivity (Wildman–Crippen MR) is 35.2 cm³/mol. The molecule has 0 heterocycles. The van der Waals surface area contributed by atoms with E-state index in [1.165, 1.54) is 0 Å². The first-order valence-electron chi connectivity index (χ1n) is 2.70. The molecule has 0 rings (SSSR count). The zero-order valence-corrected chi connectivity index (χ0v) is 9.08. The molecule has 1 unspecified atom stereocenters. The molecule has 0 bridgehead atoms. The van der Waals surface area contributed by atoms with Gasteiger partial charge in [0, 0.05) is 0 Å². The molecule has 64 valence electrons. The SMILES string of the molecule is O=S(=O)(O)CCC(O)CO.[H-].[Na+]. The summed E-state index contributed by atoms with van der Waals surface area (Å²) in [6.45, 7) is -0.491. The fraction of sp³-hybridized carbons (Fsp3) is 1.00. The van der Waals surface area contributed by atoms with Crippen molar-refractivity contribution in [3.63, 3.8) is 0 Å². The van der Waals surface area contributed by atoms with E-state index in [4.69, 9.17) is 14.8 Å². The summed E-state index contributed by atoms with van der Waals surface area (Å²) in [6.07, 6.45) is -1.21. The van der Waals surface area contributed by atoms with Crippen molar-refractivity contribution < 1.29 is 54.2 Å². The van der Waals surface area contributed by atoms with Gasteiger partial charge in [0.25, 0.3) is 10.1 Å². The van der Waals surface area contributed by atoms with Crippen LogP contribution in [0.3, 0.4) is 0 Å². The van der Waals surface area contributed by atoms with Crippen LogP contribution in [0.15, 0.2) is 0 Å². The van der Waals surface area contributed by atoms with Gasteiger partial charge < -0.3 is 11.6 Å². The third kappa shape index (κ3) is 10.8. The molecule has 0 saturated carbocycles. The third-order valence-electron chi connectivity index (χ3n) is 0.920. The van der Waals surface area contributed by atoms with Gasteiger partial charge in [-0.15, -0.1) is 0 Å². The quantitative estimate of drug-likeness (QED) is 0.311. The molecule has 0 aliphatic heterocycles. The molecule has 0 aromatic carbocycles. The first-order valence-corrected chi connectivity index (χ1v) is 4.30. The molecular formula is C4H11NaO5S. The maximum atomic E-state index is 10.0. The summed E-state index contributed by atoms with van der Waals surface area (Å²) >= 11 is 0. The van der Waals surface area contributed by atoms with E-state index in [2.05, 4.69) is 0 Å². The van der Waals surface area contributed by atoms with Gasteiger partial charge in [-0.2, -0.15) is 8.42 Å². The van der Waals surface area contributed by atoms with E-state index in [1.807, 2.05) is 0 Å². The summed E-state index contributed by atoms with van der Waals surface area (Å²) in [7, 11) is -4.00. The molecule has 11 heavy (non-hydrogen) atoms. The van der Waals surface area contributed by atoms with Crippen LogP contribution >= 0.6 is 0 Å². The minimum absolute atomic E-state index is 0. The normalized spacial score (nSPS) is 13.7. The van der Waals surface area contributed by atoms with Crippen molar-refractivity contribution in [1.29, 1.82) is 0 Å². The molecular weight excluding hydrogens is 183 g/mol. The van der Waals surface area contributed by atoms with Gasteiger partial charge in [0.1, 0.15) is 0 Å². The van der Waals surface area contributed by atoms with Crippen molar-refractivity contribution >= 4 is 10.1 Å². The summed E-state index contributed by atoms with van der Waals surface area (Å²) in [6, 6.07) is 0. The molecule has 0 aliphatic rings. The molecule has 0 aromatic heterocycles. The molecule has 7 heteroatoms. The van der Waals surface area contributed by atoms with Gasteiger partial charge in [-0.05, 0) is 6.42 Å². The fourth-order valence-electron chi connectivity index (χ4n) is 0.376. The van der Waals surface area contributed by atoms with Crippen LogP contribution < -0.4 is 29.6 Å². The Morgan fingerprint density at radius 1 is 1.45 bits per heavy atom. The Balaban J connectivity index is -0.000000405. The van der Waals surface area contributed by atoms with Crippen LogP contribution in [-0.2, 0) is 10.1 Å². The molecule has 0 spiro atoms. The summed E-state index contributed by atoms with van der Waals surface area (Å²) < 4.78 is 28.2. The van der Waals surface area contributed by atoms with Gasteiger partial charge in [0.2, 0.25) is 0 Å². The number of aliphatic hydroxyl groups is 2. The Morgan fingerprint density at radius 3 is 2.18 bits per heavy atom. The van der Waals surface area contributed by atoms with Gasteiger partial charge >= 0.3 is 29.6 Å². The van der Waals surface area contributed by atoms with Gasteiger partial charge in [-0.25, -0.2) is 0 Å². The first-order chi connectivity index (χ1) is 4.45. The molecule has 0 fully saturated rings. The number of hydrogen-bond donors (Lipinski definition) is 3. The molecule has 5 nitrogen and oxygen atoms in total. The minimum atomic E-state index is -4.00. The molecule has 0 aliphatic carbocycles. The van der Waals surface area contributed by atoms with Gasteiger partial charge in [0.05, 0.1) is 18.5 Å². The molecule has 0 saturated heterocycles. The smallest absolute Gasteiger partial charge is 1.00 e. The predicted octanol–water partition coefficient (Wildman–Crippen LogP) is -4.27. The van der Waals surface area contributed by atoms with Crippen molar-refractivity contribution in [2.45, 2.75) is 12.5 Å². The largest absolute Gasteiger partial charge is 1.00 e. The van der Waals surface area contributed by atoms with E-state index < -0.39 is 28.6 Å². The van der Waals surface area contributed by atoms with Gasteiger partial charge in [-0.3, -0.25) is 4.55 Å². The Bertz CT molecular complexity index is 182. The molecule has 0 radical (unpaired) electrons. The second-order valence-corrected chi connectivity index (χ2v) is 3.48. The van der Waals surface area contributed by atoms with Crippen molar-refractivity contribution in [2.75, 3.05) is 12.4 Å². The first kappa shape index (κ1) is 14.4. The maximum absolute atomic E-state index is 10.0. The minimum Gasteiger partial charge on any atom is -1.00 e. The molecule has 3 N–H and O–H groups in total. The van der Waals surface area contributed by atoms with Crippen LogP contribution in [0.5, 0.6) is 0 Å². The van der Waals surface area contributed by atoms with E-state index in [0.29, 0.717) is 0 Å². The summed E-state index contributed by atoms with van der Waals surface area (Å²) in [5.74, 6) is -0.519. The summed E-state index contributed by atoms with van der Waals surface area (Å²) in [5, 5.41) is 16.8. The second kappa shape index (κ2) is 6.36. The second-order valence-electron chi connectivity index (χ2n) is 1.91. The van der Waals surface area contributed by atoms with Crippen molar-refractivity contribution in [2.24, 2.45) is 0 Å². The van der Waals surface area contributed by atoms with Crippen LogP contribution in [0.25, 0.3) is 0 Å². The van der Waals surface area contributed by atoms with Crippen molar-refractivity contribution in [3.05, 3.63) is 0 Å². The number of aliphatic hydroxyl groups excluding tert-OH is 2. The van der Waals surface area contributed by atoms with Crippen LogP contribution in [0.4, 0.5) is 0 Å². The van der Waals surface area contributed by atoms with E-state index in [-0.39, 0.29) is 37.4 Å². The van der Waals surface area contributed by atoms with Crippen LogP contribution in [0, 0.1) is 0 Å². The fourth-order valence-corrected chi connectivity index (χ4v) is 0.946. The van der Waals surface area contributed by atoms with Crippen LogP contribution in [-0.4, -0.2) is 41.6 Å². The summed E-state index contributed by atoms with van der Waals surface area (Å²) in [4.78, 5) is 0. The van der Waals surface area contributed by atoms with Gasteiger partial charge in [-0.1, -0.05) is 0 Å². The average molecular weight is 194 g/mol. The topological polar surface area (TPSA) is 94.8 Å². The molecule has 1 atom stereocenters. The standard InChI is InChI=1S/C4H10O5S.Na.H/c5-3-4(6)1-2-10(7,8)9;;/h4-6H,1-3H2,(H,7,8,9);;/q;+1;-1. The van der Waals surface area contributed by atoms with Crippen LogP contribution in [0.1, 0.15) is 7.85 Å². The zero-order chi connectivity index (χ0) is 8.20. The van der Waals surface area contributed by atoms with Crippen molar-refractivity contribution in [3.8, 4) is 0 Å². The van der Waals surface area contributed by atoms with E-state index in [0.717, 1.165) is 0 Å². The van der Waals surface area contributed by atoms with E-state index >= 15 is 0 Å². The Kier molecular flexibility index (Phi) is 8.30. The maximum Gasteiger partial charge on any atom is 1.00 e. The zero-order valence-electron chi connectivity index (χ0n) is 7.27. The summed E-state index contributed by atoms with van der Waals surface area (Å²) in [5.41, 5.74) is 0. The van der Waals surface area contributed by atoms with E-state index in [9.17, 15) is 8.42 Å². The average Bonchev–Trinajstić information content (AvgIpc) is 1.81. The van der Waals surface area contributed by atoms with E-state index in [1.54, 1.807) is 0 Å². The Morgan fingerprint density at radius 2 is 1.91 bits per heavy atom. The van der Waals surface area contributed by atoms with Crippen molar-refractivity contribution in [1.82, 2.24) is 0 Å². The monoisotopic (exact) mass is 194 g/mol. The molecule has 0 amide bonds. The number of hydrogen-bond acceptors (Lipinski definition) is 4. The Hall–Kier alpha value is 0.830. The third-order valence-corrected chi connectivity index (χ3v) is 1.67. The number of rotatable bonds is 4. The Labute approximate surface area is 88.9 Å². The van der Waals surface area contributed by atoms with Gasteiger partial charge in [0.15, 0.2) is 0 Å². The van der Waals surface area contributed by atoms with Crippen LogP contribution in [0.2, 0.25) is 0 Å². The molecule has 0 aromatic rings.